The number of hydrogen-bond donors (Lipinski definition) is 2. The highest BCUT2D eigenvalue weighted by molar-refractivity contribution is 7.12. The lowest BCUT2D eigenvalue weighted by Gasteiger charge is -2.44. The lowest BCUT2D eigenvalue weighted by atomic mass is 9.82. The molecule has 3 aliphatic heterocycles. The van der Waals surface area contributed by atoms with E-state index in [2.05, 4.69) is 17.9 Å². The summed E-state index contributed by atoms with van der Waals surface area (Å²) in [7, 11) is 0. The first-order valence-corrected chi connectivity index (χ1v) is 12.5. The fraction of sp³-hybridized carbons (Fsp3) is 0.696. The number of nitrogens with two attached hydrogens (primary N) is 2. The second-order valence-electron chi connectivity index (χ2n) is 9.13. The minimum absolute atomic E-state index is 0.0715. The number of aryl methyl sites for hydroxylation is 1. The summed E-state index contributed by atoms with van der Waals surface area (Å²) in [5, 5.41) is 1.59. The first-order chi connectivity index (χ1) is 15.4. The van der Waals surface area contributed by atoms with Gasteiger partial charge in [0.05, 0.1) is 31.5 Å². The zero-order valence-corrected chi connectivity index (χ0v) is 20.2. The number of rotatable bonds is 6. The van der Waals surface area contributed by atoms with Crippen LogP contribution in [0.2, 0.25) is 0 Å². The van der Waals surface area contributed by atoms with E-state index in [1.165, 1.54) is 15.3 Å². The molecule has 8 nitrogen and oxygen atoms in total. The first kappa shape index (κ1) is 23.5. The summed E-state index contributed by atoms with van der Waals surface area (Å²) in [4.78, 5) is 18.8. The van der Waals surface area contributed by atoms with Gasteiger partial charge in [-0.1, -0.05) is 6.92 Å². The van der Waals surface area contributed by atoms with E-state index in [1.807, 2.05) is 11.3 Å². The number of carbonyl (C=O) groups is 1. The number of thiophene rings is 1. The Morgan fingerprint density at radius 2 is 2.12 bits per heavy atom. The summed E-state index contributed by atoms with van der Waals surface area (Å²) in [6, 6.07) is 2.38. The molecule has 4 N–H and O–H groups in total. The average molecular weight is 464 g/mol. The van der Waals surface area contributed by atoms with Gasteiger partial charge in [-0.2, -0.15) is 0 Å². The Morgan fingerprint density at radius 3 is 2.84 bits per heavy atom. The quantitative estimate of drug-likeness (QED) is 0.486. The highest BCUT2D eigenvalue weighted by atomic mass is 32.1. The van der Waals surface area contributed by atoms with Gasteiger partial charge in [0.1, 0.15) is 0 Å². The predicted molar refractivity (Wildman–Crippen MR) is 126 cm³/mol. The Labute approximate surface area is 195 Å². The molecule has 178 valence electrons. The van der Waals surface area contributed by atoms with Gasteiger partial charge in [-0.05, 0) is 30.9 Å². The molecule has 0 radical (unpaired) electrons. The number of hydrazine groups is 1. The Kier molecular flexibility index (Phi) is 7.41. The van der Waals surface area contributed by atoms with Gasteiger partial charge in [0.25, 0.3) is 0 Å². The third-order valence-corrected chi connectivity index (χ3v) is 8.15. The van der Waals surface area contributed by atoms with Crippen LogP contribution in [0.15, 0.2) is 18.0 Å². The van der Waals surface area contributed by atoms with Crippen molar-refractivity contribution in [3.05, 3.63) is 33.3 Å². The number of morpholine rings is 1. The number of fused-ring (bicyclic) bond motifs is 2. The van der Waals surface area contributed by atoms with Crippen LogP contribution in [0.1, 0.15) is 42.0 Å². The van der Waals surface area contributed by atoms with Crippen LogP contribution in [0.3, 0.4) is 0 Å². The van der Waals surface area contributed by atoms with Crippen LogP contribution >= 0.6 is 11.3 Å². The summed E-state index contributed by atoms with van der Waals surface area (Å²) < 4.78 is 12.1. The molecule has 0 saturated carbocycles. The molecular formula is C23H37N5O3S. The molecule has 1 atom stereocenters. The van der Waals surface area contributed by atoms with E-state index >= 15 is 0 Å². The van der Waals surface area contributed by atoms with Crippen LogP contribution in [0.4, 0.5) is 0 Å². The van der Waals surface area contributed by atoms with Crippen LogP contribution < -0.4 is 11.6 Å². The van der Waals surface area contributed by atoms with Crippen LogP contribution in [-0.4, -0.2) is 79.3 Å². The van der Waals surface area contributed by atoms with E-state index in [4.69, 9.17) is 21.1 Å². The van der Waals surface area contributed by atoms with Crippen molar-refractivity contribution in [2.24, 2.45) is 11.6 Å². The highest BCUT2D eigenvalue weighted by Gasteiger charge is 2.41. The van der Waals surface area contributed by atoms with Crippen molar-refractivity contribution in [1.82, 2.24) is 14.8 Å². The number of amides is 1. The number of hydrogen-bond acceptors (Lipinski definition) is 8. The zero-order chi connectivity index (χ0) is 22.7. The molecule has 2 fully saturated rings. The average Bonchev–Trinajstić information content (AvgIpc) is 3.20. The number of likely N-dealkylation sites (tertiary alicyclic amines) is 1. The van der Waals surface area contributed by atoms with Crippen molar-refractivity contribution in [2.75, 3.05) is 52.5 Å². The van der Waals surface area contributed by atoms with Crippen molar-refractivity contribution in [1.29, 1.82) is 0 Å². The second kappa shape index (κ2) is 10.1. The van der Waals surface area contributed by atoms with E-state index in [9.17, 15) is 4.79 Å². The molecule has 9 heteroatoms. The van der Waals surface area contributed by atoms with E-state index in [1.54, 1.807) is 23.0 Å². The van der Waals surface area contributed by atoms with Gasteiger partial charge < -0.3 is 25.1 Å². The van der Waals surface area contributed by atoms with E-state index < -0.39 is 0 Å². The Morgan fingerprint density at radius 1 is 1.34 bits per heavy atom. The van der Waals surface area contributed by atoms with Crippen LogP contribution in [-0.2, 0) is 32.7 Å². The second-order valence-corrected chi connectivity index (χ2v) is 10.4. The fourth-order valence-electron chi connectivity index (χ4n) is 5.05. The molecule has 2 saturated heterocycles. The van der Waals surface area contributed by atoms with Crippen molar-refractivity contribution < 1.29 is 14.3 Å². The first-order valence-electron chi connectivity index (χ1n) is 11.7. The topological polar surface area (TPSA) is 97.3 Å². The molecule has 1 aromatic rings. The minimum atomic E-state index is -0.118. The number of nitrogens with zero attached hydrogens (tertiary/aromatic N) is 3. The molecule has 4 rings (SSSR count). The summed E-state index contributed by atoms with van der Waals surface area (Å²) >= 11 is 1.96. The molecule has 0 bridgehead atoms. The lowest BCUT2D eigenvalue weighted by molar-refractivity contribution is -0.136. The molecule has 0 aromatic carbocycles. The van der Waals surface area contributed by atoms with E-state index in [0.717, 1.165) is 51.1 Å². The zero-order valence-electron chi connectivity index (χ0n) is 19.3. The SMILES string of the molecule is CCc1cc2c(s1)CCOC21CCN(C/C(N)=C/N(N)CC2CN(C(C)=O)CCO2)CC1. The summed E-state index contributed by atoms with van der Waals surface area (Å²) in [6.07, 6.45) is 5.82. The molecule has 32 heavy (non-hydrogen) atoms. The summed E-state index contributed by atoms with van der Waals surface area (Å²) in [5.41, 5.74) is 8.37. The van der Waals surface area contributed by atoms with E-state index in [-0.39, 0.29) is 17.6 Å². The molecule has 1 unspecified atom stereocenters. The third kappa shape index (κ3) is 5.28. The van der Waals surface area contributed by atoms with Gasteiger partial charge in [-0.3, -0.25) is 9.69 Å². The van der Waals surface area contributed by atoms with Crippen molar-refractivity contribution in [3.63, 3.8) is 0 Å². The molecule has 0 aliphatic carbocycles. The Hall–Kier alpha value is -1.65. The maximum atomic E-state index is 11.6. The number of piperidine rings is 1. The van der Waals surface area contributed by atoms with Crippen molar-refractivity contribution in [2.45, 2.75) is 51.2 Å². The molecular weight excluding hydrogens is 426 g/mol. The fourth-order valence-corrected chi connectivity index (χ4v) is 6.23. The van der Waals surface area contributed by atoms with Crippen molar-refractivity contribution >= 4 is 17.2 Å². The van der Waals surface area contributed by atoms with Crippen LogP contribution in [0.25, 0.3) is 0 Å². The van der Waals surface area contributed by atoms with Crippen molar-refractivity contribution in [3.8, 4) is 0 Å². The standard InChI is InChI=1S/C23H37N5O3S/c1-3-20-12-21-22(32-20)4-10-31-23(21)5-7-26(8-6-23)13-18(24)14-28(25)16-19-15-27(17(2)29)9-11-30-19/h12,14,19H,3-11,13,15-16,24-25H2,1-2H3/b18-14-. The Bertz CT molecular complexity index is 834. The maximum absolute atomic E-state index is 11.6. The highest BCUT2D eigenvalue weighted by Crippen LogP contribution is 2.44. The predicted octanol–water partition coefficient (Wildman–Crippen LogP) is 1.40. The van der Waals surface area contributed by atoms with E-state index in [0.29, 0.717) is 32.8 Å². The van der Waals surface area contributed by atoms with Crippen LogP contribution in [0, 0.1) is 0 Å². The molecule has 3 aliphatic rings. The van der Waals surface area contributed by atoms with Gasteiger partial charge in [0.2, 0.25) is 5.91 Å². The largest absolute Gasteiger partial charge is 0.400 e. The van der Waals surface area contributed by atoms with Gasteiger partial charge in [0, 0.05) is 67.7 Å². The lowest BCUT2D eigenvalue weighted by Crippen LogP contribution is -2.49. The number of carbonyl (C=O) groups excluding carboxylic acids is 1. The van der Waals surface area contributed by atoms with Gasteiger partial charge >= 0.3 is 0 Å². The minimum Gasteiger partial charge on any atom is -0.400 e. The van der Waals surface area contributed by atoms with Gasteiger partial charge in [-0.25, -0.2) is 5.84 Å². The van der Waals surface area contributed by atoms with Crippen LogP contribution in [0.5, 0.6) is 0 Å². The summed E-state index contributed by atoms with van der Waals surface area (Å²) in [5.74, 6) is 6.24. The summed E-state index contributed by atoms with van der Waals surface area (Å²) in [6.45, 7) is 9.48. The number of ether oxygens (including phenoxy) is 2. The van der Waals surface area contributed by atoms with Gasteiger partial charge in [0.15, 0.2) is 0 Å². The molecule has 1 spiro atoms. The molecule has 1 amide bonds. The Balaban J connectivity index is 1.28. The smallest absolute Gasteiger partial charge is 0.219 e. The maximum Gasteiger partial charge on any atom is 0.219 e. The molecule has 1 aromatic heterocycles. The molecule has 4 heterocycles. The third-order valence-electron chi connectivity index (χ3n) is 6.81. The normalized spacial score (nSPS) is 23.9. The van der Waals surface area contributed by atoms with Gasteiger partial charge in [-0.15, -0.1) is 11.3 Å². The monoisotopic (exact) mass is 463 g/mol.